The molecular formula is C35H47N5O7. The van der Waals surface area contributed by atoms with E-state index in [1.807, 2.05) is 44.2 Å². The number of allylic oxidation sites excluding steroid dienone is 1. The van der Waals surface area contributed by atoms with Gasteiger partial charge >= 0.3 is 6.09 Å². The fourth-order valence-corrected chi connectivity index (χ4v) is 6.06. The van der Waals surface area contributed by atoms with Gasteiger partial charge in [-0.3, -0.25) is 24.0 Å². The van der Waals surface area contributed by atoms with Crippen LogP contribution in [0.3, 0.4) is 0 Å². The van der Waals surface area contributed by atoms with Crippen molar-refractivity contribution in [1.29, 1.82) is 0 Å². The highest BCUT2D eigenvalue weighted by atomic mass is 16.5. The lowest BCUT2D eigenvalue weighted by Gasteiger charge is -2.27. The van der Waals surface area contributed by atoms with Crippen molar-refractivity contribution in [2.45, 2.75) is 102 Å². The van der Waals surface area contributed by atoms with Crippen LogP contribution in [-0.2, 0) is 35.3 Å². The summed E-state index contributed by atoms with van der Waals surface area (Å²) < 4.78 is 5.42. The Hall–Kier alpha value is -4.48. The monoisotopic (exact) mass is 649 g/mol. The Kier molecular flexibility index (Phi) is 12.3. The molecular weight excluding hydrogens is 602 g/mol. The molecule has 4 rings (SSSR count). The molecule has 2 fully saturated rings. The molecule has 5 N–H and O–H groups in total. The normalized spacial score (nSPS) is 22.1. The number of carbonyl (C=O) groups excluding carboxylic acids is 6. The van der Waals surface area contributed by atoms with Gasteiger partial charge in [0.1, 0.15) is 18.2 Å². The predicted molar refractivity (Wildman–Crippen MR) is 174 cm³/mol. The Bertz CT molecular complexity index is 1390. The van der Waals surface area contributed by atoms with Gasteiger partial charge in [0.05, 0.1) is 12.1 Å². The molecule has 47 heavy (non-hydrogen) atoms. The number of benzene rings is 1. The minimum absolute atomic E-state index is 0.00123. The van der Waals surface area contributed by atoms with Gasteiger partial charge in [0.2, 0.25) is 23.6 Å². The summed E-state index contributed by atoms with van der Waals surface area (Å²) in [7, 11) is 0. The molecule has 0 saturated heterocycles. The Morgan fingerprint density at radius 1 is 1.04 bits per heavy atom. The number of hydrogen-bond donors (Lipinski definition) is 5. The SMILES string of the molecule is CC(=O)/C=C/[C@H](CC1=CCNC1=O)NC(=O)[C@H](CC(C)C)NC(=O)C1(NC(=O)OCc2ccccc2)CC1NC(=O)C1CCCCC1. The van der Waals surface area contributed by atoms with Gasteiger partial charge in [0.15, 0.2) is 5.78 Å². The number of alkyl carbamates (subject to hydrolysis) is 1. The van der Waals surface area contributed by atoms with Gasteiger partial charge in [-0.05, 0) is 43.7 Å². The van der Waals surface area contributed by atoms with E-state index in [-0.39, 0.29) is 55.3 Å². The molecule has 2 unspecified atom stereocenters. The molecule has 3 aliphatic rings. The fourth-order valence-electron chi connectivity index (χ4n) is 6.06. The topological polar surface area (TPSA) is 172 Å². The molecule has 12 heteroatoms. The molecule has 12 nitrogen and oxygen atoms in total. The zero-order valence-corrected chi connectivity index (χ0v) is 27.4. The number of ketones is 1. The van der Waals surface area contributed by atoms with Gasteiger partial charge < -0.3 is 31.3 Å². The second-order valence-corrected chi connectivity index (χ2v) is 13.1. The number of amides is 5. The van der Waals surface area contributed by atoms with E-state index >= 15 is 0 Å². The van der Waals surface area contributed by atoms with Crippen LogP contribution in [0.15, 0.2) is 54.1 Å². The summed E-state index contributed by atoms with van der Waals surface area (Å²) in [6, 6.07) is 6.75. The van der Waals surface area contributed by atoms with Gasteiger partial charge in [-0.1, -0.05) is 75.6 Å². The molecule has 1 aromatic rings. The van der Waals surface area contributed by atoms with Crippen molar-refractivity contribution < 1.29 is 33.5 Å². The molecule has 1 aromatic carbocycles. The van der Waals surface area contributed by atoms with Crippen LogP contribution in [0.1, 0.15) is 77.7 Å². The Morgan fingerprint density at radius 2 is 1.77 bits per heavy atom. The van der Waals surface area contributed by atoms with Crippen LogP contribution < -0.4 is 26.6 Å². The molecule has 4 atom stereocenters. The molecule has 0 spiro atoms. The van der Waals surface area contributed by atoms with Crippen LogP contribution in [0, 0.1) is 11.8 Å². The lowest BCUT2D eigenvalue weighted by molar-refractivity contribution is -0.131. The zero-order valence-electron chi connectivity index (χ0n) is 27.4. The maximum Gasteiger partial charge on any atom is 0.408 e. The zero-order chi connectivity index (χ0) is 34.0. The molecule has 2 aliphatic carbocycles. The Balaban J connectivity index is 1.49. The quantitative estimate of drug-likeness (QED) is 0.182. The van der Waals surface area contributed by atoms with E-state index in [1.54, 1.807) is 6.08 Å². The summed E-state index contributed by atoms with van der Waals surface area (Å²) >= 11 is 0. The van der Waals surface area contributed by atoms with Crippen molar-refractivity contribution in [3.8, 4) is 0 Å². The van der Waals surface area contributed by atoms with Gasteiger partial charge in [-0.15, -0.1) is 0 Å². The lowest BCUT2D eigenvalue weighted by atomic mass is 9.88. The molecule has 0 aromatic heterocycles. The maximum absolute atomic E-state index is 14.0. The highest BCUT2D eigenvalue weighted by Gasteiger charge is 2.63. The van der Waals surface area contributed by atoms with E-state index < -0.39 is 41.6 Å². The standard InChI is InChI=1S/C35H47N5O7/c1-22(2)18-28(32(44)37-27(15-14-23(3)41)19-26-16-17-36-30(26)42)38-33(45)35(40-34(46)47-21-24-10-6-4-7-11-24)20-29(35)39-31(43)25-12-8-5-9-13-25/h4,6-7,10-11,14-16,22,25,27-29H,5,8-9,12-13,17-21H2,1-3H3,(H,36,42)(H,37,44)(H,38,45)(H,39,43)(H,40,46)/b15-14+/t27-,28+,29?,35?/m1/s1. The molecule has 1 aliphatic heterocycles. The third-order valence-electron chi connectivity index (χ3n) is 8.76. The number of carbonyl (C=O) groups is 6. The summed E-state index contributed by atoms with van der Waals surface area (Å²) in [5.41, 5.74) is -0.250. The lowest BCUT2D eigenvalue weighted by Crippen LogP contribution is -2.59. The third kappa shape index (κ3) is 10.3. The Labute approximate surface area is 275 Å². The number of ether oxygens (including phenoxy) is 1. The minimum atomic E-state index is -1.51. The number of nitrogens with one attached hydrogen (secondary N) is 5. The van der Waals surface area contributed by atoms with Crippen molar-refractivity contribution in [3.05, 3.63) is 59.7 Å². The minimum Gasteiger partial charge on any atom is -0.445 e. The summed E-state index contributed by atoms with van der Waals surface area (Å²) in [6.07, 6.45) is 8.93. The summed E-state index contributed by atoms with van der Waals surface area (Å²) in [4.78, 5) is 77.6. The summed E-state index contributed by atoms with van der Waals surface area (Å²) in [6.45, 7) is 5.58. The Morgan fingerprint density at radius 3 is 2.40 bits per heavy atom. The van der Waals surface area contributed by atoms with E-state index in [1.165, 1.54) is 19.1 Å². The van der Waals surface area contributed by atoms with Crippen molar-refractivity contribution in [1.82, 2.24) is 26.6 Å². The van der Waals surface area contributed by atoms with E-state index in [0.29, 0.717) is 12.1 Å². The van der Waals surface area contributed by atoms with E-state index in [0.717, 1.165) is 37.7 Å². The average molecular weight is 650 g/mol. The molecule has 0 radical (unpaired) electrons. The summed E-state index contributed by atoms with van der Waals surface area (Å²) in [5.74, 6) is -1.87. The number of rotatable bonds is 15. The summed E-state index contributed by atoms with van der Waals surface area (Å²) in [5, 5.41) is 14.1. The van der Waals surface area contributed by atoms with Gasteiger partial charge in [-0.25, -0.2) is 4.79 Å². The van der Waals surface area contributed by atoms with E-state index in [9.17, 15) is 28.8 Å². The largest absolute Gasteiger partial charge is 0.445 e. The van der Waals surface area contributed by atoms with Gasteiger partial charge in [0, 0.05) is 30.9 Å². The van der Waals surface area contributed by atoms with Crippen LogP contribution in [0.4, 0.5) is 4.79 Å². The third-order valence-corrected chi connectivity index (χ3v) is 8.76. The predicted octanol–water partition coefficient (Wildman–Crippen LogP) is 2.73. The van der Waals surface area contributed by atoms with Crippen LogP contribution in [0.2, 0.25) is 0 Å². The van der Waals surface area contributed by atoms with Gasteiger partial charge in [-0.2, -0.15) is 0 Å². The smallest absolute Gasteiger partial charge is 0.408 e. The van der Waals surface area contributed by atoms with Crippen LogP contribution in [0.25, 0.3) is 0 Å². The van der Waals surface area contributed by atoms with Crippen molar-refractivity contribution in [2.75, 3.05) is 6.54 Å². The van der Waals surface area contributed by atoms with Crippen LogP contribution in [-0.4, -0.2) is 65.7 Å². The fraction of sp³-hybridized carbons (Fsp3) is 0.543. The van der Waals surface area contributed by atoms with E-state index in [4.69, 9.17) is 4.74 Å². The van der Waals surface area contributed by atoms with Crippen LogP contribution in [0.5, 0.6) is 0 Å². The second kappa shape index (κ2) is 16.4. The molecule has 0 bridgehead atoms. The highest BCUT2D eigenvalue weighted by Crippen LogP contribution is 2.38. The highest BCUT2D eigenvalue weighted by molar-refractivity contribution is 5.99. The van der Waals surface area contributed by atoms with Crippen molar-refractivity contribution >= 4 is 35.5 Å². The first-order chi connectivity index (χ1) is 22.5. The molecule has 2 saturated carbocycles. The maximum atomic E-state index is 14.0. The van der Waals surface area contributed by atoms with Crippen molar-refractivity contribution in [3.63, 3.8) is 0 Å². The van der Waals surface area contributed by atoms with Gasteiger partial charge in [0.25, 0.3) is 0 Å². The first kappa shape index (κ1) is 35.4. The average Bonchev–Trinajstić information content (AvgIpc) is 3.58. The first-order valence-electron chi connectivity index (χ1n) is 16.5. The molecule has 254 valence electrons. The molecule has 5 amide bonds. The van der Waals surface area contributed by atoms with Crippen molar-refractivity contribution in [2.24, 2.45) is 11.8 Å². The second-order valence-electron chi connectivity index (χ2n) is 13.1. The van der Waals surface area contributed by atoms with Crippen LogP contribution >= 0.6 is 0 Å². The molecule has 1 heterocycles. The number of hydrogen-bond acceptors (Lipinski definition) is 7. The first-order valence-corrected chi connectivity index (χ1v) is 16.5. The van der Waals surface area contributed by atoms with E-state index in [2.05, 4.69) is 26.6 Å².